The Morgan fingerprint density at radius 1 is 1.28 bits per heavy atom. The van der Waals surface area contributed by atoms with Crippen LogP contribution in [0.1, 0.15) is 73.3 Å². The highest BCUT2D eigenvalue weighted by atomic mass is 19.4. The number of carbonyl (C=O) groups is 1. The number of amides is 1. The molecule has 0 bridgehead atoms. The van der Waals surface area contributed by atoms with Gasteiger partial charge in [-0.05, 0) is 55.7 Å². The molecule has 174 valence electrons. The van der Waals surface area contributed by atoms with E-state index in [4.69, 9.17) is 5.73 Å². The fourth-order valence-corrected chi connectivity index (χ4v) is 4.85. The third-order valence-electron chi connectivity index (χ3n) is 6.64. The van der Waals surface area contributed by atoms with Gasteiger partial charge in [-0.15, -0.1) is 0 Å². The molecule has 4 N–H and O–H groups in total. The molecule has 0 unspecified atom stereocenters. The molecule has 2 aliphatic rings. The number of anilines is 1. The largest absolute Gasteiger partial charge is 0.435 e. The van der Waals surface area contributed by atoms with Crippen molar-refractivity contribution in [1.29, 1.82) is 0 Å². The van der Waals surface area contributed by atoms with E-state index in [1.807, 2.05) is 13.8 Å². The van der Waals surface area contributed by atoms with Crippen molar-refractivity contribution < 1.29 is 23.1 Å². The number of fused-ring (bicyclic) bond motifs is 1. The van der Waals surface area contributed by atoms with Crippen molar-refractivity contribution in [2.75, 3.05) is 5.32 Å². The lowest BCUT2D eigenvalue weighted by atomic mass is 9.76. The van der Waals surface area contributed by atoms with Crippen LogP contribution in [0.4, 0.5) is 18.9 Å². The minimum Gasteiger partial charge on any atom is -0.391 e. The van der Waals surface area contributed by atoms with Crippen molar-refractivity contribution in [2.24, 2.45) is 11.1 Å². The summed E-state index contributed by atoms with van der Waals surface area (Å²) in [5, 5.41) is 17.5. The van der Waals surface area contributed by atoms with Gasteiger partial charge in [0.15, 0.2) is 5.69 Å². The van der Waals surface area contributed by atoms with Crippen molar-refractivity contribution in [1.82, 2.24) is 9.78 Å². The predicted octanol–water partition coefficient (Wildman–Crippen LogP) is 4.22. The van der Waals surface area contributed by atoms with Gasteiger partial charge >= 0.3 is 6.18 Å². The second-order valence-corrected chi connectivity index (χ2v) is 9.72. The topological polar surface area (TPSA) is 93.2 Å². The molecule has 0 aliphatic heterocycles. The van der Waals surface area contributed by atoms with E-state index in [1.54, 1.807) is 12.1 Å². The molecule has 1 heterocycles. The first kappa shape index (κ1) is 22.6. The molecule has 6 nitrogen and oxygen atoms in total. The molecular formula is C23H29F3N4O2. The first-order valence-corrected chi connectivity index (χ1v) is 11.0. The van der Waals surface area contributed by atoms with Crippen LogP contribution in [0.2, 0.25) is 0 Å². The summed E-state index contributed by atoms with van der Waals surface area (Å²) in [6, 6.07) is 4.42. The van der Waals surface area contributed by atoms with Gasteiger partial charge in [0.2, 0.25) is 0 Å². The van der Waals surface area contributed by atoms with E-state index in [0.29, 0.717) is 42.8 Å². The van der Waals surface area contributed by atoms with Crippen molar-refractivity contribution >= 4 is 11.6 Å². The number of halogens is 3. The molecule has 4 rings (SSSR count). The zero-order valence-corrected chi connectivity index (χ0v) is 18.3. The van der Waals surface area contributed by atoms with Gasteiger partial charge in [-0.25, -0.2) is 4.68 Å². The molecule has 0 saturated heterocycles. The molecule has 9 heteroatoms. The van der Waals surface area contributed by atoms with E-state index >= 15 is 0 Å². The lowest BCUT2D eigenvalue weighted by Crippen LogP contribution is -2.37. The molecule has 1 aromatic carbocycles. The van der Waals surface area contributed by atoms with Crippen molar-refractivity contribution in [3.63, 3.8) is 0 Å². The maximum atomic E-state index is 13.7. The van der Waals surface area contributed by atoms with Crippen LogP contribution in [0.3, 0.4) is 0 Å². The minimum absolute atomic E-state index is 0.145. The molecule has 1 amide bonds. The fourth-order valence-electron chi connectivity index (χ4n) is 4.85. The number of nitrogens with one attached hydrogen (secondary N) is 1. The molecule has 1 fully saturated rings. The Bertz CT molecular complexity index is 1030. The quantitative estimate of drug-likeness (QED) is 0.650. The number of benzene rings is 1. The number of carbonyl (C=O) groups excluding carboxylic acids is 1. The summed E-state index contributed by atoms with van der Waals surface area (Å²) in [5.74, 6) is -0.649. The zero-order chi connectivity index (χ0) is 23.3. The Balaban J connectivity index is 1.80. The highest BCUT2D eigenvalue weighted by Crippen LogP contribution is 2.42. The number of rotatable bonds is 4. The summed E-state index contributed by atoms with van der Waals surface area (Å²) < 4.78 is 42.5. The van der Waals surface area contributed by atoms with Crippen LogP contribution in [0, 0.1) is 5.41 Å². The summed E-state index contributed by atoms with van der Waals surface area (Å²) in [4.78, 5) is 12.0. The number of hydrogen-bond donors (Lipinski definition) is 3. The maximum Gasteiger partial charge on any atom is 0.435 e. The first-order valence-electron chi connectivity index (χ1n) is 11.0. The Morgan fingerprint density at radius 3 is 2.66 bits per heavy atom. The van der Waals surface area contributed by atoms with E-state index in [2.05, 4.69) is 10.4 Å². The second kappa shape index (κ2) is 8.10. The smallest absolute Gasteiger partial charge is 0.391 e. The van der Waals surface area contributed by atoms with Gasteiger partial charge < -0.3 is 16.2 Å². The van der Waals surface area contributed by atoms with Crippen LogP contribution in [0.15, 0.2) is 18.2 Å². The van der Waals surface area contributed by atoms with E-state index in [0.717, 1.165) is 19.3 Å². The summed E-state index contributed by atoms with van der Waals surface area (Å²) in [5.41, 5.74) is 6.38. The monoisotopic (exact) mass is 450 g/mol. The Hall–Kier alpha value is -2.55. The van der Waals surface area contributed by atoms with Crippen LogP contribution >= 0.6 is 0 Å². The van der Waals surface area contributed by atoms with E-state index in [-0.39, 0.29) is 22.6 Å². The van der Waals surface area contributed by atoms with Gasteiger partial charge in [-0.1, -0.05) is 26.7 Å². The number of aromatic nitrogens is 2. The fraction of sp³-hybridized carbons (Fsp3) is 0.565. The summed E-state index contributed by atoms with van der Waals surface area (Å²) in [6.45, 7) is 4.07. The molecule has 2 atom stereocenters. The number of hydrogen-bond acceptors (Lipinski definition) is 4. The minimum atomic E-state index is -4.54. The lowest BCUT2D eigenvalue weighted by molar-refractivity contribution is -0.142. The van der Waals surface area contributed by atoms with Crippen LogP contribution in [-0.2, 0) is 19.0 Å². The van der Waals surface area contributed by atoms with Crippen molar-refractivity contribution in [2.45, 2.75) is 77.1 Å². The number of alkyl halides is 3. The van der Waals surface area contributed by atoms with Crippen LogP contribution in [0.25, 0.3) is 5.69 Å². The lowest BCUT2D eigenvalue weighted by Gasteiger charge is -2.31. The van der Waals surface area contributed by atoms with Crippen molar-refractivity contribution in [3.8, 4) is 5.69 Å². The Kier molecular flexibility index (Phi) is 5.73. The van der Waals surface area contributed by atoms with E-state index in [9.17, 15) is 23.1 Å². The third-order valence-corrected chi connectivity index (χ3v) is 6.64. The molecule has 1 aromatic heterocycles. The standard InChI is InChI=1S/C23H29F3N4O2/c1-22(2)10-9-15-18(12-22)30(29-20(15)23(24,25)26)13-7-8-14(21(27)32)17(11-13)28-16-5-3-4-6-19(16)31/h7-8,11,16,19,28,31H,3-6,9-10,12H2,1-2H3,(H2,27,32)/t16-,19-/m0/s1. The normalized spacial score (nSPS) is 22.9. The van der Waals surface area contributed by atoms with Crippen LogP contribution < -0.4 is 11.1 Å². The molecule has 0 spiro atoms. The van der Waals surface area contributed by atoms with E-state index < -0.39 is 23.9 Å². The van der Waals surface area contributed by atoms with Crippen LogP contribution in [-0.4, -0.2) is 32.9 Å². The van der Waals surface area contributed by atoms with Gasteiger partial charge in [0.25, 0.3) is 5.91 Å². The number of nitrogens with zero attached hydrogens (tertiary/aromatic N) is 2. The molecular weight excluding hydrogens is 421 g/mol. The van der Waals surface area contributed by atoms with Gasteiger partial charge in [0, 0.05) is 16.9 Å². The average Bonchev–Trinajstić information content (AvgIpc) is 3.07. The molecule has 2 aliphatic carbocycles. The van der Waals surface area contributed by atoms with Crippen molar-refractivity contribution in [3.05, 3.63) is 40.7 Å². The third kappa shape index (κ3) is 4.35. The Labute approximate surface area is 185 Å². The highest BCUT2D eigenvalue weighted by Gasteiger charge is 2.42. The number of primary amides is 1. The second-order valence-electron chi connectivity index (χ2n) is 9.72. The molecule has 2 aromatic rings. The number of aliphatic hydroxyl groups excluding tert-OH is 1. The van der Waals surface area contributed by atoms with Gasteiger partial charge in [-0.3, -0.25) is 4.79 Å². The highest BCUT2D eigenvalue weighted by molar-refractivity contribution is 5.99. The van der Waals surface area contributed by atoms with Gasteiger partial charge in [0.05, 0.1) is 23.4 Å². The molecule has 0 radical (unpaired) electrons. The first-order chi connectivity index (χ1) is 15.0. The number of aliphatic hydroxyl groups is 1. The zero-order valence-electron chi connectivity index (χ0n) is 18.3. The van der Waals surface area contributed by atoms with Gasteiger partial charge in [-0.2, -0.15) is 18.3 Å². The van der Waals surface area contributed by atoms with E-state index in [1.165, 1.54) is 10.7 Å². The van der Waals surface area contributed by atoms with Crippen LogP contribution in [0.5, 0.6) is 0 Å². The number of nitrogens with two attached hydrogens (primary N) is 1. The maximum absolute atomic E-state index is 13.7. The average molecular weight is 451 g/mol. The predicted molar refractivity (Wildman–Crippen MR) is 115 cm³/mol. The molecule has 1 saturated carbocycles. The molecule has 32 heavy (non-hydrogen) atoms. The summed E-state index contributed by atoms with van der Waals surface area (Å²) >= 11 is 0. The summed E-state index contributed by atoms with van der Waals surface area (Å²) in [7, 11) is 0. The van der Waals surface area contributed by atoms with Gasteiger partial charge in [0.1, 0.15) is 0 Å². The Morgan fingerprint density at radius 2 is 2.00 bits per heavy atom. The summed E-state index contributed by atoms with van der Waals surface area (Å²) in [6.07, 6.45) is -0.424. The SMILES string of the molecule is CC1(C)CCc2c(C(F)(F)F)nn(-c3ccc(C(N)=O)c(N[C@H]4CCCC[C@@H]4O)c3)c2C1.